The Labute approximate surface area is 124 Å². The average molecular weight is 292 g/mol. The van der Waals surface area contributed by atoms with Gasteiger partial charge in [0.15, 0.2) is 6.61 Å². The molecule has 6 nitrogen and oxygen atoms in total. The summed E-state index contributed by atoms with van der Waals surface area (Å²) in [6, 6.07) is 6.79. The van der Waals surface area contributed by atoms with Crippen molar-refractivity contribution in [2.45, 2.75) is 26.3 Å². The van der Waals surface area contributed by atoms with Gasteiger partial charge in [0.05, 0.1) is 18.9 Å². The average Bonchev–Trinajstić information content (AvgIpc) is 2.51. The maximum Gasteiger partial charge on any atom is 0.337 e. The van der Waals surface area contributed by atoms with Crippen LogP contribution in [0.3, 0.4) is 0 Å². The molecule has 0 spiro atoms. The van der Waals surface area contributed by atoms with Gasteiger partial charge in [0.2, 0.25) is 0 Å². The molecule has 0 aliphatic carbocycles. The molecule has 1 rings (SSSR count). The fourth-order valence-corrected chi connectivity index (χ4v) is 1.44. The molecule has 0 saturated carbocycles. The third-order valence-corrected chi connectivity index (χ3v) is 2.82. The van der Waals surface area contributed by atoms with Crippen molar-refractivity contribution in [1.29, 1.82) is 0 Å². The normalized spacial score (nSPS) is 12.0. The summed E-state index contributed by atoms with van der Waals surface area (Å²) in [5, 5.41) is 6.47. The molecule has 1 N–H and O–H groups in total. The SMILES string of the molecule is CC[C@@H](C)NC(=O)CO/N=C\c1ccc(C(=O)OC)cc1. The molecule has 0 radical (unpaired) electrons. The summed E-state index contributed by atoms with van der Waals surface area (Å²) in [5.74, 6) is -0.598. The zero-order chi connectivity index (χ0) is 15.7. The van der Waals surface area contributed by atoms with Crippen LogP contribution in [0.2, 0.25) is 0 Å². The first-order valence-corrected chi connectivity index (χ1v) is 6.70. The minimum atomic E-state index is -0.392. The van der Waals surface area contributed by atoms with Gasteiger partial charge in [-0.15, -0.1) is 0 Å². The van der Waals surface area contributed by atoms with Crippen LogP contribution in [-0.2, 0) is 14.4 Å². The van der Waals surface area contributed by atoms with E-state index in [-0.39, 0.29) is 18.6 Å². The van der Waals surface area contributed by atoms with E-state index in [4.69, 9.17) is 4.84 Å². The maximum atomic E-state index is 11.4. The maximum absolute atomic E-state index is 11.4. The summed E-state index contributed by atoms with van der Waals surface area (Å²) < 4.78 is 4.60. The number of rotatable bonds is 7. The molecule has 0 heterocycles. The van der Waals surface area contributed by atoms with E-state index < -0.39 is 5.97 Å². The molecule has 0 fully saturated rings. The summed E-state index contributed by atoms with van der Waals surface area (Å²) >= 11 is 0. The van der Waals surface area contributed by atoms with Crippen molar-refractivity contribution >= 4 is 18.1 Å². The molecule has 0 aliphatic rings. The van der Waals surface area contributed by atoms with Crippen molar-refractivity contribution < 1.29 is 19.2 Å². The number of esters is 1. The van der Waals surface area contributed by atoms with Gasteiger partial charge in [-0.05, 0) is 31.0 Å². The van der Waals surface area contributed by atoms with Crippen LogP contribution >= 0.6 is 0 Å². The van der Waals surface area contributed by atoms with Crippen LogP contribution in [0.25, 0.3) is 0 Å². The Balaban J connectivity index is 2.40. The fourth-order valence-electron chi connectivity index (χ4n) is 1.44. The Kier molecular flexibility index (Phi) is 6.94. The number of ether oxygens (including phenoxy) is 1. The van der Waals surface area contributed by atoms with Crippen LogP contribution in [0, 0.1) is 0 Å². The third-order valence-electron chi connectivity index (χ3n) is 2.82. The molecule has 0 aromatic heterocycles. The van der Waals surface area contributed by atoms with E-state index in [1.807, 2.05) is 13.8 Å². The number of nitrogens with zero attached hydrogens (tertiary/aromatic N) is 1. The third kappa shape index (κ3) is 6.07. The molecule has 6 heteroatoms. The zero-order valence-electron chi connectivity index (χ0n) is 12.5. The Morgan fingerprint density at radius 3 is 2.57 bits per heavy atom. The van der Waals surface area contributed by atoms with Crippen molar-refractivity contribution in [3.05, 3.63) is 35.4 Å². The lowest BCUT2D eigenvalue weighted by Gasteiger charge is -2.09. The highest BCUT2D eigenvalue weighted by Gasteiger charge is 2.05. The second kappa shape index (κ2) is 8.73. The van der Waals surface area contributed by atoms with Gasteiger partial charge in [0.1, 0.15) is 0 Å². The number of methoxy groups -OCH3 is 1. The minimum Gasteiger partial charge on any atom is -0.465 e. The van der Waals surface area contributed by atoms with Crippen molar-refractivity contribution in [2.75, 3.05) is 13.7 Å². The Hall–Kier alpha value is -2.37. The lowest BCUT2D eigenvalue weighted by Crippen LogP contribution is -2.34. The Morgan fingerprint density at radius 2 is 2.00 bits per heavy atom. The number of carbonyl (C=O) groups is 2. The number of oxime groups is 1. The molecular weight excluding hydrogens is 272 g/mol. The van der Waals surface area contributed by atoms with E-state index in [1.165, 1.54) is 13.3 Å². The van der Waals surface area contributed by atoms with Gasteiger partial charge in [-0.1, -0.05) is 24.2 Å². The number of carbonyl (C=O) groups excluding carboxylic acids is 2. The summed E-state index contributed by atoms with van der Waals surface area (Å²) in [4.78, 5) is 27.6. The standard InChI is InChI=1S/C15H20N2O4/c1-4-11(2)17-14(18)10-21-16-9-12-5-7-13(8-6-12)15(19)20-3/h5-9,11H,4,10H2,1-3H3,(H,17,18)/b16-9-/t11-/m1/s1. The number of hydrogen-bond acceptors (Lipinski definition) is 5. The van der Waals surface area contributed by atoms with E-state index >= 15 is 0 Å². The highest BCUT2D eigenvalue weighted by atomic mass is 16.6. The highest BCUT2D eigenvalue weighted by Crippen LogP contribution is 2.04. The predicted octanol–water partition coefficient (Wildman–Crippen LogP) is 1.74. The van der Waals surface area contributed by atoms with Gasteiger partial charge < -0.3 is 14.9 Å². The van der Waals surface area contributed by atoms with Crippen LogP contribution in [0.5, 0.6) is 0 Å². The molecule has 1 aromatic carbocycles. The van der Waals surface area contributed by atoms with Crippen molar-refractivity contribution in [3.63, 3.8) is 0 Å². The van der Waals surface area contributed by atoms with Gasteiger partial charge >= 0.3 is 5.97 Å². The molecule has 114 valence electrons. The predicted molar refractivity (Wildman–Crippen MR) is 79.2 cm³/mol. The smallest absolute Gasteiger partial charge is 0.337 e. The van der Waals surface area contributed by atoms with Crippen LogP contribution in [0.15, 0.2) is 29.4 Å². The number of nitrogens with one attached hydrogen (secondary N) is 1. The Bertz CT molecular complexity index is 497. The van der Waals surface area contributed by atoms with Crippen molar-refractivity contribution in [2.24, 2.45) is 5.16 Å². The molecule has 1 atom stereocenters. The lowest BCUT2D eigenvalue weighted by molar-refractivity contribution is -0.126. The van der Waals surface area contributed by atoms with Gasteiger partial charge in [0.25, 0.3) is 5.91 Å². The van der Waals surface area contributed by atoms with Gasteiger partial charge in [-0.25, -0.2) is 4.79 Å². The van der Waals surface area contributed by atoms with E-state index in [2.05, 4.69) is 15.2 Å². The first kappa shape index (κ1) is 16.7. The number of amides is 1. The van der Waals surface area contributed by atoms with Crippen LogP contribution in [-0.4, -0.2) is 37.8 Å². The first-order valence-electron chi connectivity index (χ1n) is 6.70. The summed E-state index contributed by atoms with van der Waals surface area (Å²) in [7, 11) is 1.33. The van der Waals surface area contributed by atoms with Gasteiger partial charge in [-0.3, -0.25) is 4.79 Å². The largest absolute Gasteiger partial charge is 0.465 e. The molecule has 0 bridgehead atoms. The van der Waals surface area contributed by atoms with E-state index in [1.54, 1.807) is 24.3 Å². The lowest BCUT2D eigenvalue weighted by atomic mass is 10.1. The number of benzene rings is 1. The van der Waals surface area contributed by atoms with Gasteiger partial charge in [0, 0.05) is 6.04 Å². The second-order valence-corrected chi connectivity index (χ2v) is 4.50. The quantitative estimate of drug-likeness (QED) is 0.472. The fraction of sp³-hybridized carbons (Fsp3) is 0.400. The molecule has 1 aromatic rings. The van der Waals surface area contributed by atoms with Crippen LogP contribution < -0.4 is 5.32 Å². The molecule has 0 saturated heterocycles. The van der Waals surface area contributed by atoms with E-state index in [9.17, 15) is 9.59 Å². The highest BCUT2D eigenvalue weighted by molar-refractivity contribution is 5.90. The molecule has 0 aliphatic heterocycles. The molecule has 1 amide bonds. The number of hydrogen-bond donors (Lipinski definition) is 1. The summed E-state index contributed by atoms with van der Waals surface area (Å²) in [6.07, 6.45) is 2.33. The monoisotopic (exact) mass is 292 g/mol. The van der Waals surface area contributed by atoms with Crippen molar-refractivity contribution in [3.8, 4) is 0 Å². The minimum absolute atomic E-state index is 0.121. The van der Waals surface area contributed by atoms with Crippen LogP contribution in [0.4, 0.5) is 0 Å². The van der Waals surface area contributed by atoms with Gasteiger partial charge in [-0.2, -0.15) is 0 Å². The molecule has 0 unspecified atom stereocenters. The zero-order valence-corrected chi connectivity index (χ0v) is 12.5. The molecule has 21 heavy (non-hydrogen) atoms. The Morgan fingerprint density at radius 1 is 1.33 bits per heavy atom. The van der Waals surface area contributed by atoms with E-state index in [0.717, 1.165) is 12.0 Å². The molecular formula is C15H20N2O4. The van der Waals surface area contributed by atoms with E-state index in [0.29, 0.717) is 5.56 Å². The van der Waals surface area contributed by atoms with Crippen LogP contribution in [0.1, 0.15) is 36.2 Å². The summed E-state index contributed by atoms with van der Waals surface area (Å²) in [6.45, 7) is 3.78. The summed E-state index contributed by atoms with van der Waals surface area (Å²) in [5.41, 5.74) is 1.22. The van der Waals surface area contributed by atoms with Crippen molar-refractivity contribution in [1.82, 2.24) is 5.32 Å². The second-order valence-electron chi connectivity index (χ2n) is 4.50. The topological polar surface area (TPSA) is 77.0 Å². The first-order chi connectivity index (χ1) is 10.1.